The highest BCUT2D eigenvalue weighted by atomic mass is 14.7. The first-order valence-electron chi connectivity index (χ1n) is 5.76. The maximum Gasteiger partial charge on any atom is 0.0474 e. The smallest absolute Gasteiger partial charge is 0.0474 e. The van der Waals surface area contributed by atoms with Crippen molar-refractivity contribution in [3.05, 3.63) is 24.0 Å². The van der Waals surface area contributed by atoms with Gasteiger partial charge in [-0.25, -0.2) is 0 Å². The Balaban J connectivity index is 5.27. The summed E-state index contributed by atoms with van der Waals surface area (Å²) in [7, 11) is 0. The minimum Gasteiger partial charge on any atom is -0.402 e. The van der Waals surface area contributed by atoms with Crippen LogP contribution in [0.4, 0.5) is 0 Å². The fraction of sp³-hybridized carbons (Fsp3) is 0.643. The summed E-state index contributed by atoms with van der Waals surface area (Å²) >= 11 is 0. The molecule has 0 aromatic heterocycles. The molecule has 0 aromatic rings. The van der Waals surface area contributed by atoms with Gasteiger partial charge in [-0.05, 0) is 13.0 Å². The lowest BCUT2D eigenvalue weighted by molar-refractivity contribution is 0.496. The topological polar surface area (TPSA) is 38.4 Å². The molecule has 0 bridgehead atoms. The lowest BCUT2D eigenvalue weighted by Gasteiger charge is -2.23. The monoisotopic (exact) mass is 222 g/mol. The van der Waals surface area contributed by atoms with E-state index in [1.165, 1.54) is 0 Å². The van der Waals surface area contributed by atoms with E-state index in [1.54, 1.807) is 0 Å². The number of allylic oxidation sites excluding steroid dienone is 3. The van der Waals surface area contributed by atoms with Gasteiger partial charge < -0.3 is 5.73 Å². The summed E-state index contributed by atoms with van der Waals surface area (Å²) in [5.41, 5.74) is 7.95. The van der Waals surface area contributed by atoms with Crippen LogP contribution in [0, 0.1) is 10.8 Å². The van der Waals surface area contributed by atoms with Gasteiger partial charge in [0.1, 0.15) is 0 Å². The molecule has 0 aliphatic heterocycles. The fourth-order valence-corrected chi connectivity index (χ4v) is 0.966. The standard InChI is InChI=1S/C14H26N2/c1-8-9-16-12(14(5,6)7)10-11(15)13(2,3)4/h8-10H,15H2,1-7H3/b9-8-,11-10-,16-12+. The molecule has 0 atom stereocenters. The Morgan fingerprint density at radius 1 is 1.00 bits per heavy atom. The Hall–Kier alpha value is -1.05. The zero-order valence-corrected chi connectivity index (χ0v) is 11.8. The van der Waals surface area contributed by atoms with Crippen LogP contribution in [0.15, 0.2) is 29.0 Å². The first-order valence-corrected chi connectivity index (χ1v) is 5.76. The Morgan fingerprint density at radius 2 is 1.50 bits per heavy atom. The molecule has 92 valence electrons. The Morgan fingerprint density at radius 3 is 1.81 bits per heavy atom. The van der Waals surface area contributed by atoms with Crippen LogP contribution >= 0.6 is 0 Å². The van der Waals surface area contributed by atoms with Gasteiger partial charge in [-0.1, -0.05) is 47.6 Å². The number of hydrogen-bond acceptors (Lipinski definition) is 2. The molecule has 0 saturated heterocycles. The Kier molecular flexibility index (Phi) is 4.98. The molecular formula is C14H26N2. The van der Waals surface area contributed by atoms with E-state index in [0.717, 1.165) is 11.4 Å². The summed E-state index contributed by atoms with van der Waals surface area (Å²) in [5, 5.41) is 0. The van der Waals surface area contributed by atoms with Crippen molar-refractivity contribution in [1.82, 2.24) is 0 Å². The summed E-state index contributed by atoms with van der Waals surface area (Å²) in [6.45, 7) is 14.7. The van der Waals surface area contributed by atoms with Gasteiger partial charge in [0.2, 0.25) is 0 Å². The second-order valence-corrected chi connectivity index (χ2v) is 6.10. The van der Waals surface area contributed by atoms with Crippen molar-refractivity contribution in [3.8, 4) is 0 Å². The van der Waals surface area contributed by atoms with E-state index >= 15 is 0 Å². The van der Waals surface area contributed by atoms with Gasteiger partial charge in [0.25, 0.3) is 0 Å². The highest BCUT2D eigenvalue weighted by Crippen LogP contribution is 2.24. The van der Waals surface area contributed by atoms with Crippen molar-refractivity contribution in [3.63, 3.8) is 0 Å². The van der Waals surface area contributed by atoms with Crippen LogP contribution in [-0.4, -0.2) is 5.71 Å². The van der Waals surface area contributed by atoms with Gasteiger partial charge in [0, 0.05) is 28.4 Å². The van der Waals surface area contributed by atoms with E-state index in [9.17, 15) is 0 Å². The van der Waals surface area contributed by atoms with Crippen LogP contribution in [0.1, 0.15) is 48.5 Å². The molecule has 0 aliphatic rings. The molecule has 2 nitrogen and oxygen atoms in total. The molecule has 0 aliphatic carbocycles. The lowest BCUT2D eigenvalue weighted by atomic mass is 9.85. The van der Waals surface area contributed by atoms with Crippen molar-refractivity contribution >= 4 is 5.71 Å². The van der Waals surface area contributed by atoms with E-state index in [0.29, 0.717) is 0 Å². The van der Waals surface area contributed by atoms with Crippen molar-refractivity contribution < 1.29 is 0 Å². The molecule has 0 saturated carbocycles. The Labute approximate surface area is 100 Å². The third kappa shape index (κ3) is 5.15. The average Bonchev–Trinajstić information content (AvgIpc) is 2.08. The van der Waals surface area contributed by atoms with Crippen molar-refractivity contribution in [1.29, 1.82) is 0 Å². The second-order valence-electron chi connectivity index (χ2n) is 6.10. The molecule has 2 N–H and O–H groups in total. The van der Waals surface area contributed by atoms with Crippen LogP contribution in [0.3, 0.4) is 0 Å². The third-order valence-corrected chi connectivity index (χ3v) is 2.29. The Bertz CT molecular complexity index is 307. The molecule has 0 amide bonds. The summed E-state index contributed by atoms with van der Waals surface area (Å²) in [4.78, 5) is 4.45. The molecule has 0 radical (unpaired) electrons. The summed E-state index contributed by atoms with van der Waals surface area (Å²) in [6, 6.07) is 0. The van der Waals surface area contributed by atoms with Crippen molar-refractivity contribution in [2.75, 3.05) is 0 Å². The lowest BCUT2D eigenvalue weighted by Crippen LogP contribution is -2.24. The van der Waals surface area contributed by atoms with Gasteiger partial charge in [-0.15, -0.1) is 0 Å². The molecule has 0 unspecified atom stereocenters. The molecule has 16 heavy (non-hydrogen) atoms. The van der Waals surface area contributed by atoms with E-state index in [2.05, 4.69) is 46.5 Å². The molecule has 2 heteroatoms. The maximum absolute atomic E-state index is 6.08. The number of aliphatic imine (C=N–C) groups is 1. The quantitative estimate of drug-likeness (QED) is 0.707. The normalized spacial score (nSPS) is 15.9. The minimum atomic E-state index is -0.0120. The highest BCUT2D eigenvalue weighted by molar-refractivity contribution is 5.99. The highest BCUT2D eigenvalue weighted by Gasteiger charge is 2.20. The van der Waals surface area contributed by atoms with E-state index < -0.39 is 0 Å². The first-order chi connectivity index (χ1) is 7.09. The zero-order chi connectivity index (χ0) is 13.0. The van der Waals surface area contributed by atoms with Crippen LogP contribution in [0.25, 0.3) is 0 Å². The first kappa shape index (κ1) is 14.9. The molecule has 0 aromatic carbocycles. The van der Waals surface area contributed by atoms with E-state index in [4.69, 9.17) is 5.73 Å². The average molecular weight is 222 g/mol. The molecule has 0 heterocycles. The van der Waals surface area contributed by atoms with Crippen LogP contribution < -0.4 is 5.73 Å². The van der Waals surface area contributed by atoms with Crippen molar-refractivity contribution in [2.45, 2.75) is 48.5 Å². The molecule has 0 spiro atoms. The second kappa shape index (κ2) is 5.33. The predicted molar refractivity (Wildman–Crippen MR) is 73.4 cm³/mol. The predicted octanol–water partition coefficient (Wildman–Crippen LogP) is 3.90. The maximum atomic E-state index is 6.08. The van der Waals surface area contributed by atoms with Gasteiger partial charge in [0.15, 0.2) is 0 Å². The zero-order valence-electron chi connectivity index (χ0n) is 11.8. The van der Waals surface area contributed by atoms with Gasteiger partial charge >= 0.3 is 0 Å². The van der Waals surface area contributed by atoms with Gasteiger partial charge in [0.05, 0.1) is 0 Å². The van der Waals surface area contributed by atoms with Crippen LogP contribution in [0.2, 0.25) is 0 Å². The number of rotatable bonds is 2. The SMILES string of the molecule is C\C=C/N=C(\C=C(/N)C(C)(C)C)C(C)(C)C. The van der Waals surface area contributed by atoms with Gasteiger partial charge in [-0.3, -0.25) is 4.99 Å². The summed E-state index contributed by atoms with van der Waals surface area (Å²) in [5.74, 6) is 0. The van der Waals surface area contributed by atoms with Crippen LogP contribution in [-0.2, 0) is 0 Å². The summed E-state index contributed by atoms with van der Waals surface area (Å²) in [6.07, 6.45) is 5.74. The fourth-order valence-electron chi connectivity index (χ4n) is 0.966. The third-order valence-electron chi connectivity index (χ3n) is 2.29. The van der Waals surface area contributed by atoms with Crippen molar-refractivity contribution in [2.24, 2.45) is 21.6 Å². The van der Waals surface area contributed by atoms with E-state index in [-0.39, 0.29) is 10.8 Å². The molecule has 0 rings (SSSR count). The molecule has 0 fully saturated rings. The van der Waals surface area contributed by atoms with E-state index in [1.807, 2.05) is 25.3 Å². The number of hydrogen-bond donors (Lipinski definition) is 1. The van der Waals surface area contributed by atoms with Gasteiger partial charge in [-0.2, -0.15) is 0 Å². The number of nitrogens with two attached hydrogens (primary N) is 1. The minimum absolute atomic E-state index is 0.00931. The number of nitrogens with zero attached hydrogens (tertiary/aromatic N) is 1. The summed E-state index contributed by atoms with van der Waals surface area (Å²) < 4.78 is 0. The van der Waals surface area contributed by atoms with Crippen LogP contribution in [0.5, 0.6) is 0 Å². The largest absolute Gasteiger partial charge is 0.402 e. The molecular weight excluding hydrogens is 196 g/mol.